The first-order valence-corrected chi connectivity index (χ1v) is 8.15. The number of rotatable bonds is 8. The zero-order chi connectivity index (χ0) is 19.1. The Labute approximate surface area is 153 Å². The van der Waals surface area contributed by atoms with Crippen LogP contribution in [0.1, 0.15) is 31.0 Å². The minimum absolute atomic E-state index is 0.232. The summed E-state index contributed by atoms with van der Waals surface area (Å²) in [6.45, 7) is 4.83. The summed E-state index contributed by atoms with van der Waals surface area (Å²) in [6, 6.07) is 5.65. The van der Waals surface area contributed by atoms with Crippen LogP contribution in [0.15, 0.2) is 16.5 Å². The second-order valence-electron chi connectivity index (χ2n) is 5.91. The molecule has 0 radical (unpaired) electrons. The van der Waals surface area contributed by atoms with Gasteiger partial charge in [-0.2, -0.15) is 10.2 Å². The lowest BCUT2D eigenvalue weighted by molar-refractivity contribution is 0.324. The van der Waals surface area contributed by atoms with E-state index in [2.05, 4.69) is 24.1 Å². The molecule has 1 N–H and O–H groups in total. The van der Waals surface area contributed by atoms with Crippen molar-refractivity contribution in [3.05, 3.63) is 29.3 Å². The largest absolute Gasteiger partial charge is 0.493 e. The molecule has 2 rings (SSSR count). The molecule has 0 aliphatic heterocycles. The average molecular weight is 357 g/mol. The lowest BCUT2D eigenvalue weighted by atomic mass is 10.1. The fraction of sp³-hybridized carbons (Fsp3) is 0.368. The molecule has 0 saturated heterocycles. The number of aromatic nitrogens is 1. The SMILES string of the molecule is COc1cc(/C=C/c2nc(C#N)c(NCC(C)C)o2)cc(OC)c1OC. The number of methoxy groups -OCH3 is 3. The van der Waals surface area contributed by atoms with Crippen LogP contribution in [-0.2, 0) is 0 Å². The van der Waals surface area contributed by atoms with Crippen molar-refractivity contribution in [2.24, 2.45) is 5.92 Å². The molecule has 1 aromatic heterocycles. The third-order valence-electron chi connectivity index (χ3n) is 3.53. The number of ether oxygens (including phenoxy) is 3. The average Bonchev–Trinajstić information content (AvgIpc) is 3.05. The highest BCUT2D eigenvalue weighted by molar-refractivity contribution is 5.71. The van der Waals surface area contributed by atoms with Gasteiger partial charge in [-0.15, -0.1) is 0 Å². The highest BCUT2D eigenvalue weighted by Crippen LogP contribution is 2.38. The summed E-state index contributed by atoms with van der Waals surface area (Å²) in [6.07, 6.45) is 3.48. The molecule has 7 heteroatoms. The third-order valence-corrected chi connectivity index (χ3v) is 3.53. The van der Waals surface area contributed by atoms with Crippen LogP contribution in [0.2, 0.25) is 0 Å². The first kappa shape index (κ1) is 19.2. The predicted octanol–water partition coefficient (Wildman–Crippen LogP) is 3.81. The van der Waals surface area contributed by atoms with E-state index in [1.807, 2.05) is 18.2 Å². The molecular formula is C19H23N3O4. The van der Waals surface area contributed by atoms with Crippen LogP contribution >= 0.6 is 0 Å². The smallest absolute Gasteiger partial charge is 0.232 e. The number of hydrogen-bond donors (Lipinski definition) is 1. The summed E-state index contributed by atoms with van der Waals surface area (Å²) in [5, 5.41) is 12.3. The maximum absolute atomic E-state index is 9.19. The summed E-state index contributed by atoms with van der Waals surface area (Å²) in [4.78, 5) is 4.18. The summed E-state index contributed by atoms with van der Waals surface area (Å²) in [7, 11) is 4.67. The quantitative estimate of drug-likeness (QED) is 0.768. The molecule has 26 heavy (non-hydrogen) atoms. The van der Waals surface area contributed by atoms with Gasteiger partial charge in [0, 0.05) is 12.6 Å². The Bertz CT molecular complexity index is 794. The maximum Gasteiger partial charge on any atom is 0.232 e. The number of benzene rings is 1. The lowest BCUT2D eigenvalue weighted by Crippen LogP contribution is -2.08. The molecular weight excluding hydrogens is 334 g/mol. The van der Waals surface area contributed by atoms with Crippen LogP contribution in [0, 0.1) is 17.2 Å². The summed E-state index contributed by atoms with van der Waals surface area (Å²) >= 11 is 0. The van der Waals surface area contributed by atoms with Gasteiger partial charge in [-0.1, -0.05) is 13.8 Å². The van der Waals surface area contributed by atoms with Crippen molar-refractivity contribution in [2.45, 2.75) is 13.8 Å². The van der Waals surface area contributed by atoms with Gasteiger partial charge in [-0.05, 0) is 29.7 Å². The van der Waals surface area contributed by atoms with Crippen molar-refractivity contribution >= 4 is 18.0 Å². The zero-order valence-electron chi connectivity index (χ0n) is 15.6. The Morgan fingerprint density at radius 3 is 2.31 bits per heavy atom. The summed E-state index contributed by atoms with van der Waals surface area (Å²) in [5.41, 5.74) is 1.04. The van der Waals surface area contributed by atoms with Gasteiger partial charge in [0.05, 0.1) is 21.3 Å². The summed E-state index contributed by atoms with van der Waals surface area (Å²) < 4.78 is 21.6. The Morgan fingerprint density at radius 1 is 1.15 bits per heavy atom. The molecule has 0 fully saturated rings. The van der Waals surface area contributed by atoms with E-state index >= 15 is 0 Å². The molecule has 0 amide bonds. The van der Waals surface area contributed by atoms with E-state index in [1.54, 1.807) is 33.5 Å². The van der Waals surface area contributed by atoms with E-state index < -0.39 is 0 Å². The van der Waals surface area contributed by atoms with E-state index in [1.165, 1.54) is 0 Å². The van der Waals surface area contributed by atoms with Gasteiger partial charge >= 0.3 is 0 Å². The molecule has 0 unspecified atom stereocenters. The topological polar surface area (TPSA) is 89.5 Å². The van der Waals surface area contributed by atoms with E-state index in [0.717, 1.165) is 5.56 Å². The minimum Gasteiger partial charge on any atom is -0.493 e. The maximum atomic E-state index is 9.19. The molecule has 7 nitrogen and oxygen atoms in total. The van der Waals surface area contributed by atoms with Crippen molar-refractivity contribution in [2.75, 3.05) is 33.2 Å². The highest BCUT2D eigenvalue weighted by atomic mass is 16.5. The normalized spacial score (nSPS) is 10.8. The number of oxazole rings is 1. The predicted molar refractivity (Wildman–Crippen MR) is 99.6 cm³/mol. The second kappa shape index (κ2) is 8.81. The van der Waals surface area contributed by atoms with Crippen molar-refractivity contribution < 1.29 is 18.6 Å². The van der Waals surface area contributed by atoms with E-state index in [9.17, 15) is 5.26 Å². The van der Waals surface area contributed by atoms with Gasteiger partial charge in [0.25, 0.3) is 0 Å². The first-order chi connectivity index (χ1) is 12.5. The van der Waals surface area contributed by atoms with Gasteiger partial charge in [0.15, 0.2) is 11.5 Å². The molecule has 1 heterocycles. The van der Waals surface area contributed by atoms with E-state index in [0.29, 0.717) is 41.5 Å². The lowest BCUT2D eigenvalue weighted by Gasteiger charge is -2.12. The molecule has 0 aliphatic rings. The number of nitrogens with one attached hydrogen (secondary N) is 1. The molecule has 1 aromatic carbocycles. The monoisotopic (exact) mass is 357 g/mol. The van der Waals surface area contributed by atoms with Gasteiger partial charge in [-0.3, -0.25) is 0 Å². The van der Waals surface area contributed by atoms with Crippen LogP contribution in [0.25, 0.3) is 12.2 Å². The molecule has 2 aromatic rings. The highest BCUT2D eigenvalue weighted by Gasteiger charge is 2.13. The third kappa shape index (κ3) is 4.48. The fourth-order valence-corrected chi connectivity index (χ4v) is 2.27. The Morgan fingerprint density at radius 2 is 1.81 bits per heavy atom. The Kier molecular flexibility index (Phi) is 6.50. The number of nitriles is 1. The second-order valence-corrected chi connectivity index (χ2v) is 5.91. The Balaban J connectivity index is 2.28. The van der Waals surface area contributed by atoms with Gasteiger partial charge in [0.1, 0.15) is 6.07 Å². The molecule has 0 atom stereocenters. The van der Waals surface area contributed by atoms with E-state index in [4.69, 9.17) is 18.6 Å². The van der Waals surface area contributed by atoms with E-state index in [-0.39, 0.29) is 5.69 Å². The van der Waals surface area contributed by atoms with Crippen molar-refractivity contribution in [1.29, 1.82) is 5.26 Å². The number of hydrogen-bond acceptors (Lipinski definition) is 7. The van der Waals surface area contributed by atoms with Crippen LogP contribution < -0.4 is 19.5 Å². The van der Waals surface area contributed by atoms with Gasteiger partial charge < -0.3 is 23.9 Å². The van der Waals surface area contributed by atoms with Crippen molar-refractivity contribution in [3.63, 3.8) is 0 Å². The summed E-state index contributed by atoms with van der Waals surface area (Å²) in [5.74, 6) is 2.76. The Hall–Kier alpha value is -3.14. The van der Waals surface area contributed by atoms with Gasteiger partial charge in [-0.25, -0.2) is 0 Å². The molecule has 0 aliphatic carbocycles. The van der Waals surface area contributed by atoms with Crippen LogP contribution in [0.5, 0.6) is 17.2 Å². The first-order valence-electron chi connectivity index (χ1n) is 8.15. The van der Waals surface area contributed by atoms with Crippen LogP contribution in [-0.4, -0.2) is 32.9 Å². The fourth-order valence-electron chi connectivity index (χ4n) is 2.27. The van der Waals surface area contributed by atoms with Crippen LogP contribution in [0.4, 0.5) is 5.88 Å². The molecule has 138 valence electrons. The van der Waals surface area contributed by atoms with Crippen LogP contribution in [0.3, 0.4) is 0 Å². The van der Waals surface area contributed by atoms with Crippen molar-refractivity contribution in [3.8, 4) is 23.3 Å². The van der Waals surface area contributed by atoms with Crippen molar-refractivity contribution in [1.82, 2.24) is 4.98 Å². The molecule has 0 bridgehead atoms. The number of anilines is 1. The zero-order valence-corrected chi connectivity index (χ0v) is 15.6. The minimum atomic E-state index is 0.232. The molecule has 0 spiro atoms. The van der Waals surface area contributed by atoms with Gasteiger partial charge in [0.2, 0.25) is 23.2 Å². The molecule has 0 saturated carbocycles. The standard InChI is InChI=1S/C19H23N3O4/c1-12(2)11-21-19-14(10-20)22-17(26-19)7-6-13-8-15(23-3)18(25-5)16(9-13)24-4/h6-9,12,21H,11H2,1-5H3/b7-6+. The number of nitrogens with zero attached hydrogens (tertiary/aromatic N) is 2.